The lowest BCUT2D eigenvalue weighted by Gasteiger charge is -2.32. The molecule has 0 saturated carbocycles. The number of amides is 3. The number of benzene rings is 1. The first-order valence-corrected chi connectivity index (χ1v) is 8.90. The molecule has 3 rings (SSSR count). The number of thiazole rings is 1. The van der Waals surface area contributed by atoms with Gasteiger partial charge in [-0.15, -0.1) is 0 Å². The summed E-state index contributed by atoms with van der Waals surface area (Å²) in [7, 11) is 1.60. The van der Waals surface area contributed by atoms with Gasteiger partial charge in [-0.1, -0.05) is 11.3 Å². The molecule has 1 unspecified atom stereocenters. The van der Waals surface area contributed by atoms with Crippen LogP contribution in [0.5, 0.6) is 5.75 Å². The zero-order valence-electron chi connectivity index (χ0n) is 14.8. The molecule has 2 N–H and O–H groups in total. The van der Waals surface area contributed by atoms with Crippen LogP contribution >= 0.6 is 11.3 Å². The average Bonchev–Trinajstić information content (AvgIpc) is 3.08. The van der Waals surface area contributed by atoms with E-state index in [1.807, 2.05) is 39.0 Å². The normalized spacial score (nSPS) is 17.8. The highest BCUT2D eigenvalue weighted by molar-refractivity contribution is 7.22. The van der Waals surface area contributed by atoms with E-state index in [0.29, 0.717) is 18.1 Å². The number of aromatic nitrogens is 1. The molecule has 0 spiro atoms. The minimum Gasteiger partial charge on any atom is -0.497 e. The second-order valence-corrected chi connectivity index (χ2v) is 8.06. The van der Waals surface area contributed by atoms with Crippen LogP contribution in [-0.4, -0.2) is 47.1 Å². The largest absolute Gasteiger partial charge is 0.497 e. The van der Waals surface area contributed by atoms with Gasteiger partial charge >= 0.3 is 6.03 Å². The molecular formula is C17H22N4O3S. The molecule has 3 amide bonds. The third-order valence-electron chi connectivity index (χ3n) is 4.09. The van der Waals surface area contributed by atoms with Gasteiger partial charge in [0.2, 0.25) is 5.91 Å². The number of carbonyl (C=O) groups excluding carboxylic acids is 2. The van der Waals surface area contributed by atoms with Crippen LogP contribution in [0.1, 0.15) is 27.2 Å². The van der Waals surface area contributed by atoms with Crippen molar-refractivity contribution >= 4 is 38.6 Å². The number of nitrogens with zero attached hydrogens (tertiary/aromatic N) is 2. The highest BCUT2D eigenvalue weighted by Gasteiger charge is 2.36. The van der Waals surface area contributed by atoms with Crippen LogP contribution in [0.25, 0.3) is 10.2 Å². The predicted octanol–water partition coefficient (Wildman–Crippen LogP) is 2.83. The second-order valence-electron chi connectivity index (χ2n) is 7.03. The van der Waals surface area contributed by atoms with E-state index in [1.54, 1.807) is 12.0 Å². The van der Waals surface area contributed by atoms with E-state index < -0.39 is 0 Å². The van der Waals surface area contributed by atoms with Crippen LogP contribution in [0.2, 0.25) is 0 Å². The van der Waals surface area contributed by atoms with Crippen molar-refractivity contribution in [1.82, 2.24) is 15.2 Å². The number of ether oxygens (including phenoxy) is 1. The van der Waals surface area contributed by atoms with Crippen LogP contribution < -0.4 is 15.4 Å². The van der Waals surface area contributed by atoms with E-state index >= 15 is 0 Å². The zero-order chi connectivity index (χ0) is 18.2. The molecule has 1 aromatic heterocycles. The quantitative estimate of drug-likeness (QED) is 0.879. The summed E-state index contributed by atoms with van der Waals surface area (Å²) in [6.45, 7) is 6.49. The van der Waals surface area contributed by atoms with Gasteiger partial charge in [0.25, 0.3) is 0 Å². The fourth-order valence-corrected chi connectivity index (χ4v) is 3.70. The lowest BCUT2D eigenvalue weighted by atomic mass is 10.1. The van der Waals surface area contributed by atoms with Gasteiger partial charge in [0.1, 0.15) is 5.75 Å². The maximum absolute atomic E-state index is 12.2. The van der Waals surface area contributed by atoms with Crippen LogP contribution in [0.3, 0.4) is 0 Å². The Hall–Kier alpha value is -2.35. The molecule has 0 aliphatic carbocycles. The van der Waals surface area contributed by atoms with Crippen LogP contribution in [0.15, 0.2) is 18.2 Å². The van der Waals surface area contributed by atoms with Crippen molar-refractivity contribution in [3.8, 4) is 5.75 Å². The summed E-state index contributed by atoms with van der Waals surface area (Å²) >= 11 is 1.39. The smallest absolute Gasteiger partial charge is 0.321 e. The molecule has 8 heteroatoms. The van der Waals surface area contributed by atoms with Crippen molar-refractivity contribution in [2.75, 3.05) is 19.0 Å². The Balaban J connectivity index is 1.62. The van der Waals surface area contributed by atoms with Crippen molar-refractivity contribution in [3.63, 3.8) is 0 Å². The standard InChI is InChI=1S/C17H22N4O3S/c1-17(2,3)21-9-10(7-14(21)22)18-15(23)20-16-19-12-8-11(24-4)5-6-13(12)25-16/h5-6,8,10H,7,9H2,1-4H3,(H2,18,19,20,23). The Morgan fingerprint density at radius 2 is 2.16 bits per heavy atom. The molecule has 25 heavy (non-hydrogen) atoms. The maximum atomic E-state index is 12.2. The summed E-state index contributed by atoms with van der Waals surface area (Å²) in [6.07, 6.45) is 0.321. The molecule has 0 bridgehead atoms. The van der Waals surface area contributed by atoms with E-state index in [9.17, 15) is 9.59 Å². The monoisotopic (exact) mass is 362 g/mol. The third-order valence-corrected chi connectivity index (χ3v) is 5.04. The van der Waals surface area contributed by atoms with Crippen molar-refractivity contribution in [1.29, 1.82) is 0 Å². The molecule has 1 atom stereocenters. The number of methoxy groups -OCH3 is 1. The maximum Gasteiger partial charge on any atom is 0.321 e. The first-order chi connectivity index (χ1) is 11.8. The van der Waals surface area contributed by atoms with Gasteiger partial charge in [-0.2, -0.15) is 0 Å². The molecule has 2 aromatic rings. The van der Waals surface area contributed by atoms with Crippen LogP contribution in [0, 0.1) is 0 Å². The minimum absolute atomic E-state index is 0.0601. The molecular weight excluding hydrogens is 340 g/mol. The molecule has 1 aliphatic heterocycles. The number of carbonyl (C=O) groups is 2. The van der Waals surface area contributed by atoms with Crippen molar-refractivity contribution in [2.45, 2.75) is 38.8 Å². The van der Waals surface area contributed by atoms with Gasteiger partial charge in [-0.05, 0) is 32.9 Å². The van der Waals surface area contributed by atoms with E-state index in [-0.39, 0.29) is 23.5 Å². The lowest BCUT2D eigenvalue weighted by molar-refractivity contribution is -0.131. The predicted molar refractivity (Wildman–Crippen MR) is 98.2 cm³/mol. The van der Waals surface area contributed by atoms with E-state index in [4.69, 9.17) is 4.74 Å². The summed E-state index contributed by atoms with van der Waals surface area (Å²) in [5.74, 6) is 0.783. The highest BCUT2D eigenvalue weighted by Crippen LogP contribution is 2.29. The SMILES string of the molecule is COc1ccc2sc(NC(=O)NC3CC(=O)N(C(C)(C)C)C3)nc2c1. The Morgan fingerprint density at radius 3 is 2.80 bits per heavy atom. The molecule has 1 saturated heterocycles. The first-order valence-electron chi connectivity index (χ1n) is 8.09. The number of hydrogen-bond acceptors (Lipinski definition) is 5. The van der Waals surface area contributed by atoms with Crippen molar-refractivity contribution in [3.05, 3.63) is 18.2 Å². The van der Waals surface area contributed by atoms with Gasteiger partial charge in [-0.3, -0.25) is 10.1 Å². The molecule has 1 fully saturated rings. The fourth-order valence-electron chi connectivity index (χ4n) is 2.86. The van der Waals surface area contributed by atoms with Gasteiger partial charge in [0.15, 0.2) is 5.13 Å². The number of likely N-dealkylation sites (tertiary alicyclic amines) is 1. The summed E-state index contributed by atoms with van der Waals surface area (Å²) in [6, 6.07) is 5.05. The fraction of sp³-hybridized carbons (Fsp3) is 0.471. The minimum atomic E-state index is -0.348. The van der Waals surface area contributed by atoms with E-state index in [2.05, 4.69) is 15.6 Å². The highest BCUT2D eigenvalue weighted by atomic mass is 32.1. The molecule has 7 nitrogen and oxygen atoms in total. The number of nitrogens with one attached hydrogen (secondary N) is 2. The number of hydrogen-bond donors (Lipinski definition) is 2. The molecule has 1 aromatic carbocycles. The number of urea groups is 1. The lowest BCUT2D eigenvalue weighted by Crippen LogP contribution is -2.45. The second kappa shape index (κ2) is 6.51. The molecule has 0 radical (unpaired) electrons. The van der Waals surface area contributed by atoms with Crippen molar-refractivity contribution < 1.29 is 14.3 Å². The van der Waals surface area contributed by atoms with Crippen LogP contribution in [0.4, 0.5) is 9.93 Å². The topological polar surface area (TPSA) is 83.6 Å². The number of rotatable bonds is 3. The van der Waals surface area contributed by atoms with E-state index in [1.165, 1.54) is 11.3 Å². The van der Waals surface area contributed by atoms with Crippen LogP contribution in [-0.2, 0) is 4.79 Å². The summed E-state index contributed by atoms with van der Waals surface area (Å²) in [4.78, 5) is 30.5. The Bertz CT molecular complexity index is 812. The van der Waals surface area contributed by atoms with Crippen molar-refractivity contribution in [2.24, 2.45) is 0 Å². The summed E-state index contributed by atoms with van der Waals surface area (Å²) < 4.78 is 6.14. The Kier molecular flexibility index (Phi) is 4.55. The first kappa shape index (κ1) is 17.5. The van der Waals surface area contributed by atoms with Gasteiger partial charge < -0.3 is 15.0 Å². The van der Waals surface area contributed by atoms with Gasteiger partial charge in [-0.25, -0.2) is 9.78 Å². The number of fused-ring (bicyclic) bond motifs is 1. The molecule has 1 aliphatic rings. The zero-order valence-corrected chi connectivity index (χ0v) is 15.6. The number of anilines is 1. The van der Waals surface area contributed by atoms with Gasteiger partial charge in [0.05, 0.1) is 23.4 Å². The van der Waals surface area contributed by atoms with Gasteiger partial charge in [0, 0.05) is 24.6 Å². The summed E-state index contributed by atoms with van der Waals surface area (Å²) in [5.41, 5.74) is 0.533. The Labute approximate surface area is 150 Å². The molecule has 2 heterocycles. The van der Waals surface area contributed by atoms with E-state index in [0.717, 1.165) is 16.0 Å². The molecule has 134 valence electrons. The third kappa shape index (κ3) is 3.84. The summed E-state index contributed by atoms with van der Waals surface area (Å²) in [5, 5.41) is 6.12. The Morgan fingerprint density at radius 1 is 1.40 bits per heavy atom. The average molecular weight is 362 g/mol.